The zero-order valence-corrected chi connectivity index (χ0v) is 13.3. The first-order valence-corrected chi connectivity index (χ1v) is 7.70. The maximum absolute atomic E-state index is 13.3. The van der Waals surface area contributed by atoms with Gasteiger partial charge in [-0.3, -0.25) is 4.79 Å². The average molecular weight is 363 g/mol. The third kappa shape index (κ3) is 2.50. The van der Waals surface area contributed by atoms with Crippen molar-refractivity contribution < 1.29 is 23.1 Å². The average Bonchev–Trinajstić information content (AvgIpc) is 2.96. The summed E-state index contributed by atoms with van der Waals surface area (Å²) in [4.78, 5) is 12.5. The highest BCUT2D eigenvalue weighted by Crippen LogP contribution is 2.39. The van der Waals surface area contributed by atoms with Gasteiger partial charge in [-0.05, 0) is 25.1 Å². The molecule has 1 aromatic carbocycles. The van der Waals surface area contributed by atoms with Gasteiger partial charge in [-0.1, -0.05) is 11.6 Å². The van der Waals surface area contributed by atoms with Gasteiger partial charge in [0.25, 0.3) is 12.3 Å². The molecule has 1 N–H and O–H groups in total. The third-order valence-corrected chi connectivity index (χ3v) is 5.13. The Morgan fingerprint density at radius 2 is 2.22 bits per heavy atom. The summed E-state index contributed by atoms with van der Waals surface area (Å²) in [6.45, 7) is 1.43. The lowest BCUT2D eigenvalue weighted by atomic mass is 10.1. The molecule has 122 valence electrons. The number of benzene rings is 1. The maximum atomic E-state index is 13.3. The second kappa shape index (κ2) is 5.47. The van der Waals surface area contributed by atoms with Crippen molar-refractivity contribution in [3.8, 4) is 0 Å². The Morgan fingerprint density at radius 1 is 1.52 bits per heavy atom. The van der Waals surface area contributed by atoms with Crippen LogP contribution < -0.4 is 0 Å². The normalized spacial score (nSPS) is 21.3. The highest BCUT2D eigenvalue weighted by atomic mass is 35.5. The Hall–Kier alpha value is -1.64. The van der Waals surface area contributed by atoms with Crippen LogP contribution in [0.5, 0.6) is 0 Å². The molecule has 0 saturated carbocycles. The summed E-state index contributed by atoms with van der Waals surface area (Å²) in [7, 11) is 0. The molecule has 0 fully saturated rings. The summed E-state index contributed by atoms with van der Waals surface area (Å²) in [5.41, 5.74) is -2.50. The van der Waals surface area contributed by atoms with E-state index in [1.54, 1.807) is 0 Å². The Labute approximate surface area is 137 Å². The minimum Gasteiger partial charge on any atom is -0.364 e. The van der Waals surface area contributed by atoms with Gasteiger partial charge in [-0.25, -0.2) is 13.2 Å². The highest BCUT2D eigenvalue weighted by Gasteiger charge is 2.51. The van der Waals surface area contributed by atoms with Gasteiger partial charge in [-0.2, -0.15) is 10.1 Å². The summed E-state index contributed by atoms with van der Waals surface area (Å²) in [5, 5.41) is 14.6. The van der Waals surface area contributed by atoms with Crippen molar-refractivity contribution in [2.24, 2.45) is 5.10 Å². The fraction of sp³-hybridized carbons (Fsp3) is 0.286. The monoisotopic (exact) mass is 362 g/mol. The predicted octanol–water partition coefficient (Wildman–Crippen LogP) is 3.87. The van der Waals surface area contributed by atoms with E-state index in [2.05, 4.69) is 5.10 Å². The van der Waals surface area contributed by atoms with Crippen LogP contribution in [0.1, 0.15) is 23.0 Å². The summed E-state index contributed by atoms with van der Waals surface area (Å²) in [6, 6.07) is 3.78. The molecule has 3 rings (SSSR count). The van der Waals surface area contributed by atoms with Crippen LogP contribution in [0.15, 0.2) is 23.3 Å². The van der Waals surface area contributed by atoms with Gasteiger partial charge in [0.2, 0.25) is 5.72 Å². The van der Waals surface area contributed by atoms with E-state index in [1.165, 1.54) is 25.1 Å². The van der Waals surface area contributed by atoms with Crippen molar-refractivity contribution in [1.29, 1.82) is 0 Å². The Bertz CT molecular complexity index is 839. The van der Waals surface area contributed by atoms with Crippen molar-refractivity contribution in [1.82, 2.24) is 5.01 Å². The van der Waals surface area contributed by atoms with Crippen LogP contribution in [0.3, 0.4) is 0 Å². The van der Waals surface area contributed by atoms with Crippen LogP contribution in [0.4, 0.5) is 13.2 Å². The van der Waals surface area contributed by atoms with Crippen molar-refractivity contribution in [2.45, 2.75) is 25.5 Å². The van der Waals surface area contributed by atoms with Crippen LogP contribution in [-0.4, -0.2) is 33.9 Å². The third-order valence-electron chi connectivity index (χ3n) is 3.48. The topological polar surface area (TPSA) is 52.9 Å². The van der Waals surface area contributed by atoms with E-state index in [9.17, 15) is 23.1 Å². The van der Waals surface area contributed by atoms with E-state index < -0.39 is 30.3 Å². The first-order chi connectivity index (χ1) is 10.7. The minimum atomic E-state index is -3.20. The smallest absolute Gasteiger partial charge is 0.288 e. The molecule has 4 nitrogen and oxygen atoms in total. The molecule has 1 atom stereocenters. The van der Waals surface area contributed by atoms with Crippen LogP contribution in [0, 0.1) is 5.82 Å². The van der Waals surface area contributed by atoms with Gasteiger partial charge < -0.3 is 5.11 Å². The fourth-order valence-electron chi connectivity index (χ4n) is 2.41. The lowest BCUT2D eigenvalue weighted by Crippen LogP contribution is -2.51. The standard InChI is InChI=1S/C14H10ClF3N2O2S/c1-6-5-14(22,13(17)18)20(19-6)12(21)11-10(15)8-3-2-7(16)4-9(8)23-11/h2-4,13,22H,5H2,1H3/t14-/m1/s1. The molecule has 0 saturated heterocycles. The molecular weight excluding hydrogens is 353 g/mol. The van der Waals surface area contributed by atoms with Crippen molar-refractivity contribution >= 4 is 44.6 Å². The molecule has 0 bridgehead atoms. The van der Waals surface area contributed by atoms with Crippen molar-refractivity contribution in [3.63, 3.8) is 0 Å². The van der Waals surface area contributed by atoms with Crippen LogP contribution in [0.25, 0.3) is 10.1 Å². The molecular formula is C14H10ClF3N2O2S. The van der Waals surface area contributed by atoms with E-state index in [1.807, 2.05) is 0 Å². The van der Waals surface area contributed by atoms with E-state index >= 15 is 0 Å². The van der Waals surface area contributed by atoms with E-state index in [0.717, 1.165) is 11.3 Å². The van der Waals surface area contributed by atoms with E-state index in [0.29, 0.717) is 15.1 Å². The summed E-state index contributed by atoms with van der Waals surface area (Å²) >= 11 is 6.97. The molecule has 1 amide bonds. The number of hydrogen-bond acceptors (Lipinski definition) is 4. The van der Waals surface area contributed by atoms with Crippen LogP contribution >= 0.6 is 22.9 Å². The predicted molar refractivity (Wildman–Crippen MR) is 81.6 cm³/mol. The molecule has 23 heavy (non-hydrogen) atoms. The molecule has 2 heterocycles. The number of carbonyl (C=O) groups is 1. The molecule has 0 radical (unpaired) electrons. The van der Waals surface area contributed by atoms with E-state index in [-0.39, 0.29) is 15.6 Å². The number of thiophene rings is 1. The molecule has 0 spiro atoms. The lowest BCUT2D eigenvalue weighted by Gasteiger charge is -2.29. The van der Waals surface area contributed by atoms with Gasteiger partial charge in [0.1, 0.15) is 10.7 Å². The second-order valence-corrected chi connectivity index (χ2v) is 6.62. The highest BCUT2D eigenvalue weighted by molar-refractivity contribution is 7.21. The molecule has 0 unspecified atom stereocenters. The Balaban J connectivity index is 2.08. The number of nitrogens with zero attached hydrogens (tertiary/aromatic N) is 2. The number of carbonyl (C=O) groups excluding carboxylic acids is 1. The molecule has 1 aliphatic rings. The number of halogens is 4. The van der Waals surface area contributed by atoms with Gasteiger partial charge in [0, 0.05) is 22.2 Å². The first kappa shape index (κ1) is 16.2. The largest absolute Gasteiger partial charge is 0.364 e. The summed E-state index contributed by atoms with van der Waals surface area (Å²) in [5.74, 6) is -1.45. The number of fused-ring (bicyclic) bond motifs is 1. The minimum absolute atomic E-state index is 0.0198. The summed E-state index contributed by atoms with van der Waals surface area (Å²) in [6.07, 6.45) is -3.65. The fourth-order valence-corrected chi connectivity index (χ4v) is 3.87. The van der Waals surface area contributed by atoms with Gasteiger partial charge in [0.05, 0.1) is 5.02 Å². The first-order valence-electron chi connectivity index (χ1n) is 6.51. The van der Waals surface area contributed by atoms with Gasteiger partial charge >= 0.3 is 0 Å². The van der Waals surface area contributed by atoms with Gasteiger partial charge in [-0.15, -0.1) is 11.3 Å². The lowest BCUT2D eigenvalue weighted by molar-refractivity contribution is -0.164. The Morgan fingerprint density at radius 3 is 2.87 bits per heavy atom. The zero-order chi connectivity index (χ0) is 16.9. The number of rotatable bonds is 2. The van der Waals surface area contributed by atoms with Gasteiger partial charge in [0.15, 0.2) is 0 Å². The quantitative estimate of drug-likeness (QED) is 0.881. The maximum Gasteiger partial charge on any atom is 0.288 e. The Kier molecular flexibility index (Phi) is 3.86. The summed E-state index contributed by atoms with van der Waals surface area (Å²) < 4.78 is 40.0. The number of alkyl halides is 2. The number of hydrazone groups is 1. The number of hydrogen-bond donors (Lipinski definition) is 1. The van der Waals surface area contributed by atoms with Crippen LogP contribution in [0.2, 0.25) is 5.02 Å². The molecule has 1 aliphatic heterocycles. The molecule has 9 heteroatoms. The second-order valence-electron chi connectivity index (χ2n) is 5.19. The number of aliphatic hydroxyl groups is 1. The van der Waals surface area contributed by atoms with Crippen LogP contribution in [-0.2, 0) is 0 Å². The van der Waals surface area contributed by atoms with E-state index in [4.69, 9.17) is 11.6 Å². The van der Waals surface area contributed by atoms with Crippen molar-refractivity contribution in [3.05, 3.63) is 33.9 Å². The van der Waals surface area contributed by atoms with Crippen molar-refractivity contribution in [2.75, 3.05) is 0 Å². The molecule has 1 aromatic heterocycles. The SMILES string of the molecule is CC1=NN(C(=O)c2sc3cc(F)ccc3c2Cl)[C@](O)(C(F)F)C1. The number of amides is 1. The zero-order valence-electron chi connectivity index (χ0n) is 11.7. The molecule has 0 aliphatic carbocycles. The molecule has 2 aromatic rings.